The monoisotopic (exact) mass is 494 g/mol. The predicted molar refractivity (Wildman–Crippen MR) is 141 cm³/mol. The molecule has 35 heavy (non-hydrogen) atoms. The zero-order chi connectivity index (χ0) is 25.9. The number of carbonyl (C=O) groups is 1. The number of unbranched alkanes of at least 4 members (excludes halogenated alkanes) is 8. The molecule has 0 aliphatic heterocycles. The summed E-state index contributed by atoms with van der Waals surface area (Å²) in [6, 6.07) is 3.12. The predicted octanol–water partition coefficient (Wildman–Crippen LogP) is 7.06. The molecule has 0 aliphatic rings. The van der Waals surface area contributed by atoms with Crippen LogP contribution in [0, 0.1) is 5.92 Å². The van der Waals surface area contributed by atoms with Gasteiger partial charge in [-0.2, -0.15) is 0 Å². The van der Waals surface area contributed by atoms with Crippen LogP contribution in [-0.4, -0.2) is 41.1 Å². The van der Waals surface area contributed by atoms with E-state index in [4.69, 9.17) is 9.47 Å². The van der Waals surface area contributed by atoms with E-state index in [9.17, 15) is 20.1 Å². The molecular formula is C29H50O6. The second-order valence-corrected chi connectivity index (χ2v) is 10.0. The number of esters is 1. The lowest BCUT2D eigenvalue weighted by atomic mass is 9.96. The third-order valence-electron chi connectivity index (χ3n) is 6.64. The quantitative estimate of drug-likeness (QED) is 0.0961. The summed E-state index contributed by atoms with van der Waals surface area (Å²) in [7, 11) is 1.42. The smallest absolute Gasteiger partial charge is 0.308 e. The van der Waals surface area contributed by atoms with E-state index in [0.717, 1.165) is 24.3 Å². The highest BCUT2D eigenvalue weighted by molar-refractivity contribution is 5.69. The van der Waals surface area contributed by atoms with Gasteiger partial charge in [0.25, 0.3) is 0 Å². The lowest BCUT2D eigenvalue weighted by Crippen LogP contribution is -2.16. The number of phenolic OH excluding ortho intramolecular Hbond substituents is 2. The molecule has 0 spiro atoms. The van der Waals surface area contributed by atoms with Crippen molar-refractivity contribution in [3.05, 3.63) is 17.7 Å². The lowest BCUT2D eigenvalue weighted by Gasteiger charge is -2.12. The highest BCUT2D eigenvalue weighted by Crippen LogP contribution is 2.36. The van der Waals surface area contributed by atoms with Gasteiger partial charge in [0.2, 0.25) is 5.75 Å². The molecule has 0 saturated carbocycles. The summed E-state index contributed by atoms with van der Waals surface area (Å²) in [5.41, 5.74) is 0.783. The van der Waals surface area contributed by atoms with Gasteiger partial charge >= 0.3 is 5.97 Å². The molecule has 0 radical (unpaired) electrons. The number of aliphatic hydroxyl groups is 1. The van der Waals surface area contributed by atoms with E-state index < -0.39 is 6.10 Å². The molecule has 1 aromatic rings. The number of aliphatic hydroxyl groups excluding tert-OH is 1. The number of phenols is 2. The molecule has 2 atom stereocenters. The molecule has 202 valence electrons. The van der Waals surface area contributed by atoms with Gasteiger partial charge in [-0.1, -0.05) is 90.9 Å². The van der Waals surface area contributed by atoms with E-state index in [1.54, 1.807) is 6.07 Å². The Morgan fingerprint density at radius 3 is 2.11 bits per heavy atom. The van der Waals surface area contributed by atoms with Gasteiger partial charge in [-0.15, -0.1) is 0 Å². The molecule has 0 fully saturated rings. The number of aryl methyl sites for hydroxylation is 1. The van der Waals surface area contributed by atoms with Gasteiger partial charge in [-0.25, -0.2) is 0 Å². The number of methoxy groups -OCH3 is 1. The van der Waals surface area contributed by atoms with Crippen LogP contribution in [-0.2, 0) is 16.0 Å². The van der Waals surface area contributed by atoms with E-state index in [1.165, 1.54) is 77.4 Å². The maximum atomic E-state index is 12.0. The van der Waals surface area contributed by atoms with Gasteiger partial charge in [0.05, 0.1) is 26.2 Å². The van der Waals surface area contributed by atoms with Gasteiger partial charge in [0.15, 0.2) is 11.5 Å². The number of carbonyl (C=O) groups excluding carboxylic acids is 1. The first-order valence-electron chi connectivity index (χ1n) is 13.8. The minimum absolute atomic E-state index is 0.0313. The Morgan fingerprint density at radius 2 is 1.49 bits per heavy atom. The van der Waals surface area contributed by atoms with Crippen molar-refractivity contribution in [3.63, 3.8) is 0 Å². The third kappa shape index (κ3) is 14.9. The Kier molecular flexibility index (Phi) is 17.1. The van der Waals surface area contributed by atoms with Crippen molar-refractivity contribution in [2.45, 2.75) is 123 Å². The van der Waals surface area contributed by atoms with Crippen LogP contribution >= 0.6 is 0 Å². The van der Waals surface area contributed by atoms with E-state index in [0.29, 0.717) is 19.3 Å². The fourth-order valence-corrected chi connectivity index (χ4v) is 4.41. The minimum Gasteiger partial charge on any atom is -0.504 e. The molecule has 6 heteroatoms. The first-order valence-corrected chi connectivity index (χ1v) is 13.8. The Hall–Kier alpha value is -1.95. The van der Waals surface area contributed by atoms with E-state index in [-0.39, 0.29) is 36.2 Å². The van der Waals surface area contributed by atoms with Gasteiger partial charge < -0.3 is 24.8 Å². The molecule has 0 amide bonds. The third-order valence-corrected chi connectivity index (χ3v) is 6.64. The molecule has 0 aromatic heterocycles. The van der Waals surface area contributed by atoms with Crippen molar-refractivity contribution in [1.29, 1.82) is 0 Å². The molecular weight excluding hydrogens is 444 g/mol. The molecule has 0 aliphatic carbocycles. The second-order valence-electron chi connectivity index (χ2n) is 10.0. The van der Waals surface area contributed by atoms with Gasteiger partial charge in [0.1, 0.15) is 0 Å². The summed E-state index contributed by atoms with van der Waals surface area (Å²) < 4.78 is 10.3. The largest absolute Gasteiger partial charge is 0.504 e. The highest BCUT2D eigenvalue weighted by Gasteiger charge is 2.13. The van der Waals surface area contributed by atoms with Crippen molar-refractivity contribution in [1.82, 2.24) is 0 Å². The maximum absolute atomic E-state index is 12.0. The summed E-state index contributed by atoms with van der Waals surface area (Å²) in [6.45, 7) is 4.88. The average Bonchev–Trinajstić information content (AvgIpc) is 2.83. The Bertz CT molecular complexity index is 690. The van der Waals surface area contributed by atoms with E-state index >= 15 is 0 Å². The van der Waals surface area contributed by atoms with Gasteiger partial charge in [-0.3, -0.25) is 4.79 Å². The molecule has 1 rings (SSSR count). The Morgan fingerprint density at radius 1 is 0.886 bits per heavy atom. The van der Waals surface area contributed by atoms with Crippen LogP contribution in [0.2, 0.25) is 0 Å². The average molecular weight is 495 g/mol. The molecule has 2 unspecified atom stereocenters. The SMILES string of the molecule is CCCCCCCC(C)CCCCCCCC(O)CC(=O)OCCCc1cc(O)c(O)c(OC)c1. The molecule has 6 nitrogen and oxygen atoms in total. The van der Waals surface area contributed by atoms with Gasteiger partial charge in [0, 0.05) is 0 Å². The van der Waals surface area contributed by atoms with Crippen LogP contribution in [0.25, 0.3) is 0 Å². The maximum Gasteiger partial charge on any atom is 0.308 e. The molecule has 3 N–H and O–H groups in total. The normalized spacial score (nSPS) is 12.9. The standard InChI is InChI=1S/C29H50O6/c1-4-5-6-8-11-15-23(2)16-12-9-7-10-13-18-25(30)22-28(32)35-19-14-17-24-20-26(31)29(33)27(21-24)34-3/h20-21,23,25,30-31,33H,4-19,22H2,1-3H3. The van der Waals surface area contributed by atoms with Crippen LogP contribution in [0.1, 0.15) is 116 Å². The van der Waals surface area contributed by atoms with E-state index in [2.05, 4.69) is 13.8 Å². The van der Waals surface area contributed by atoms with Crippen LogP contribution in [0.15, 0.2) is 12.1 Å². The van der Waals surface area contributed by atoms with E-state index in [1.807, 2.05) is 0 Å². The van der Waals surface area contributed by atoms with Crippen molar-refractivity contribution < 1.29 is 29.6 Å². The first-order chi connectivity index (χ1) is 16.9. The van der Waals surface area contributed by atoms with Crippen molar-refractivity contribution in [2.24, 2.45) is 5.92 Å². The number of hydrogen-bond acceptors (Lipinski definition) is 6. The summed E-state index contributed by atoms with van der Waals surface area (Å²) >= 11 is 0. The Balaban J connectivity index is 2.01. The minimum atomic E-state index is -0.645. The fourth-order valence-electron chi connectivity index (χ4n) is 4.41. The number of rotatable bonds is 21. The molecule has 1 aromatic carbocycles. The highest BCUT2D eigenvalue weighted by atomic mass is 16.5. The topological polar surface area (TPSA) is 96.2 Å². The first kappa shape index (κ1) is 31.1. The van der Waals surface area contributed by atoms with Gasteiger partial charge in [-0.05, 0) is 42.9 Å². The Labute approximate surface area is 213 Å². The van der Waals surface area contributed by atoms with Crippen molar-refractivity contribution in [2.75, 3.05) is 13.7 Å². The second kappa shape index (κ2) is 19.3. The summed E-state index contributed by atoms with van der Waals surface area (Å²) in [4.78, 5) is 12.0. The van der Waals surface area contributed by atoms with Crippen LogP contribution in [0.3, 0.4) is 0 Å². The fraction of sp³-hybridized carbons (Fsp3) is 0.759. The van der Waals surface area contributed by atoms with Crippen molar-refractivity contribution in [3.8, 4) is 17.2 Å². The van der Waals surface area contributed by atoms with Crippen LogP contribution in [0.4, 0.5) is 0 Å². The van der Waals surface area contributed by atoms with Crippen LogP contribution < -0.4 is 4.74 Å². The summed E-state index contributed by atoms with van der Waals surface area (Å²) in [5, 5.41) is 29.5. The van der Waals surface area contributed by atoms with Crippen LogP contribution in [0.5, 0.6) is 17.2 Å². The summed E-state index contributed by atoms with van der Waals surface area (Å²) in [6.07, 6.45) is 16.4. The number of benzene rings is 1. The lowest BCUT2D eigenvalue weighted by molar-refractivity contribution is -0.146. The molecule has 0 bridgehead atoms. The molecule has 0 heterocycles. The zero-order valence-electron chi connectivity index (χ0n) is 22.4. The number of aromatic hydroxyl groups is 2. The summed E-state index contributed by atoms with van der Waals surface area (Å²) in [5.74, 6) is 0.146. The zero-order valence-corrected chi connectivity index (χ0v) is 22.4. The van der Waals surface area contributed by atoms with Crippen molar-refractivity contribution >= 4 is 5.97 Å². The molecule has 0 saturated heterocycles. The number of ether oxygens (including phenoxy) is 2. The number of hydrogen-bond donors (Lipinski definition) is 3.